The minimum atomic E-state index is -0.627. The summed E-state index contributed by atoms with van der Waals surface area (Å²) in [5.74, 6) is 1.49. The average Bonchev–Trinajstić information content (AvgIpc) is 3.35. The first kappa shape index (κ1) is 20.2. The maximum Gasteiger partial charge on any atom is 0.246 e. The highest BCUT2D eigenvalue weighted by Gasteiger charge is 2.15. The lowest BCUT2D eigenvalue weighted by atomic mass is 10.2. The number of aliphatic hydroxyl groups excluding tert-OH is 1. The monoisotopic (exact) mass is 403 g/mol. The number of aliphatic imine (C=N–C) groups is 1. The Labute approximate surface area is 167 Å². The van der Waals surface area contributed by atoms with Gasteiger partial charge in [0.05, 0.1) is 6.54 Å². The van der Waals surface area contributed by atoms with Gasteiger partial charge in [0.15, 0.2) is 11.8 Å². The smallest absolute Gasteiger partial charge is 0.246 e. The third-order valence-corrected chi connectivity index (χ3v) is 5.35. The lowest BCUT2D eigenvalue weighted by Crippen LogP contribution is -2.39. The number of hydrogen-bond donors (Lipinski definition) is 3. The van der Waals surface area contributed by atoms with Gasteiger partial charge in [0, 0.05) is 29.8 Å². The summed E-state index contributed by atoms with van der Waals surface area (Å²) in [5.41, 5.74) is 0. The van der Waals surface area contributed by atoms with Crippen molar-refractivity contribution < 1.29 is 14.4 Å². The second-order valence-corrected chi connectivity index (χ2v) is 7.27. The molecule has 0 aliphatic rings. The van der Waals surface area contributed by atoms with Gasteiger partial charge in [-0.25, -0.2) is 0 Å². The van der Waals surface area contributed by atoms with Crippen LogP contribution in [0.2, 0.25) is 0 Å². The molecule has 2 aromatic heterocycles. The van der Waals surface area contributed by atoms with Crippen molar-refractivity contribution in [2.24, 2.45) is 4.99 Å². The molecule has 0 saturated heterocycles. The van der Waals surface area contributed by atoms with E-state index < -0.39 is 6.10 Å². The molecular weight excluding hydrogens is 378 g/mol. The van der Waals surface area contributed by atoms with Crippen LogP contribution in [0.25, 0.3) is 10.1 Å². The molecule has 0 radical (unpaired) electrons. The van der Waals surface area contributed by atoms with E-state index >= 15 is 0 Å². The molecule has 3 aromatic rings. The molecule has 0 saturated carbocycles. The van der Waals surface area contributed by atoms with Crippen molar-refractivity contribution in [1.82, 2.24) is 20.8 Å². The van der Waals surface area contributed by atoms with Crippen molar-refractivity contribution in [2.45, 2.75) is 32.6 Å². The highest BCUT2D eigenvalue weighted by Crippen LogP contribution is 2.29. The van der Waals surface area contributed by atoms with Crippen LogP contribution in [-0.2, 0) is 11.3 Å². The largest absolute Gasteiger partial charge is 0.386 e. The Morgan fingerprint density at radius 3 is 2.93 bits per heavy atom. The van der Waals surface area contributed by atoms with E-state index in [1.165, 1.54) is 0 Å². The summed E-state index contributed by atoms with van der Waals surface area (Å²) in [6.07, 6.45) is -0.839. The molecule has 2 heterocycles. The molecule has 0 aliphatic heterocycles. The zero-order chi connectivity index (χ0) is 19.9. The zero-order valence-corrected chi connectivity index (χ0v) is 17.0. The summed E-state index contributed by atoms with van der Waals surface area (Å²) in [4.78, 5) is 9.37. The van der Waals surface area contributed by atoms with Gasteiger partial charge in [-0.2, -0.15) is 4.98 Å². The first-order chi connectivity index (χ1) is 13.6. The van der Waals surface area contributed by atoms with Crippen molar-refractivity contribution in [3.63, 3.8) is 0 Å². The number of nitrogens with one attached hydrogen (secondary N) is 2. The van der Waals surface area contributed by atoms with Crippen LogP contribution in [0.3, 0.4) is 0 Å². The molecule has 3 N–H and O–H groups in total. The van der Waals surface area contributed by atoms with E-state index in [2.05, 4.69) is 31.8 Å². The predicted octanol–water partition coefficient (Wildman–Crippen LogP) is 2.78. The molecular formula is C19H25N5O3S. The van der Waals surface area contributed by atoms with Gasteiger partial charge in [-0.3, -0.25) is 4.99 Å². The van der Waals surface area contributed by atoms with Crippen molar-refractivity contribution in [3.8, 4) is 0 Å². The van der Waals surface area contributed by atoms with E-state index in [1.807, 2.05) is 38.1 Å². The maximum atomic E-state index is 10.5. The summed E-state index contributed by atoms with van der Waals surface area (Å²) in [6.45, 7) is 5.04. The van der Waals surface area contributed by atoms with Gasteiger partial charge < -0.3 is 25.0 Å². The van der Waals surface area contributed by atoms with Gasteiger partial charge in [-0.1, -0.05) is 23.4 Å². The molecule has 8 nitrogen and oxygen atoms in total. The average molecular weight is 404 g/mol. The second kappa shape index (κ2) is 9.63. The van der Waals surface area contributed by atoms with Crippen LogP contribution < -0.4 is 10.6 Å². The molecule has 28 heavy (non-hydrogen) atoms. The SMILES string of the molecule is CCOC(C)c1noc(CNC(=NC)NCC(O)c2cc3ccccc3s2)n1. The number of rotatable bonds is 8. The third-order valence-electron chi connectivity index (χ3n) is 4.13. The van der Waals surface area contributed by atoms with Gasteiger partial charge in [-0.05, 0) is 31.4 Å². The number of guanidine groups is 1. The minimum Gasteiger partial charge on any atom is -0.386 e. The van der Waals surface area contributed by atoms with Crippen molar-refractivity contribution in [1.29, 1.82) is 0 Å². The Morgan fingerprint density at radius 1 is 1.36 bits per heavy atom. The van der Waals surface area contributed by atoms with Crippen LogP contribution in [0.5, 0.6) is 0 Å². The Balaban J connectivity index is 1.50. The molecule has 0 spiro atoms. The normalized spacial score (nSPS) is 14.2. The summed E-state index contributed by atoms with van der Waals surface area (Å²) < 4.78 is 11.8. The van der Waals surface area contributed by atoms with Crippen LogP contribution in [-0.4, -0.2) is 41.4 Å². The number of aromatic nitrogens is 2. The van der Waals surface area contributed by atoms with Crippen LogP contribution in [0.15, 0.2) is 39.8 Å². The third kappa shape index (κ3) is 5.06. The Hall–Kier alpha value is -2.49. The first-order valence-corrected chi connectivity index (χ1v) is 9.97. The summed E-state index contributed by atoms with van der Waals surface area (Å²) in [7, 11) is 1.66. The number of nitrogens with zero attached hydrogens (tertiary/aromatic N) is 3. The summed E-state index contributed by atoms with van der Waals surface area (Å²) in [6, 6.07) is 10.1. The van der Waals surface area contributed by atoms with Crippen LogP contribution in [0, 0.1) is 0 Å². The van der Waals surface area contributed by atoms with E-state index in [-0.39, 0.29) is 6.10 Å². The molecule has 3 rings (SSSR count). The zero-order valence-electron chi connectivity index (χ0n) is 16.2. The van der Waals surface area contributed by atoms with E-state index in [0.29, 0.717) is 37.4 Å². The minimum absolute atomic E-state index is 0.212. The van der Waals surface area contributed by atoms with E-state index in [1.54, 1.807) is 18.4 Å². The van der Waals surface area contributed by atoms with Gasteiger partial charge >= 0.3 is 0 Å². The van der Waals surface area contributed by atoms with Crippen molar-refractivity contribution in [2.75, 3.05) is 20.2 Å². The van der Waals surface area contributed by atoms with Crippen molar-refractivity contribution in [3.05, 3.63) is 46.9 Å². The van der Waals surface area contributed by atoms with Gasteiger partial charge in [0.25, 0.3) is 0 Å². The van der Waals surface area contributed by atoms with Crippen LogP contribution >= 0.6 is 11.3 Å². The number of thiophene rings is 1. The molecule has 2 unspecified atom stereocenters. The Kier molecular flexibility index (Phi) is 6.96. The lowest BCUT2D eigenvalue weighted by Gasteiger charge is -2.13. The number of aliphatic hydroxyl groups is 1. The fourth-order valence-electron chi connectivity index (χ4n) is 2.67. The van der Waals surface area contributed by atoms with Crippen LogP contribution in [0.1, 0.15) is 42.6 Å². The van der Waals surface area contributed by atoms with E-state index in [4.69, 9.17) is 9.26 Å². The highest BCUT2D eigenvalue weighted by molar-refractivity contribution is 7.19. The van der Waals surface area contributed by atoms with Crippen LogP contribution in [0.4, 0.5) is 0 Å². The van der Waals surface area contributed by atoms with Gasteiger partial charge in [-0.15, -0.1) is 11.3 Å². The number of hydrogen-bond acceptors (Lipinski definition) is 7. The quantitative estimate of drug-likeness (QED) is 0.392. The molecule has 150 valence electrons. The highest BCUT2D eigenvalue weighted by atomic mass is 32.1. The standard InChI is InChI=1S/C19H25N5O3S/c1-4-26-12(2)18-23-17(27-24-18)11-22-19(20-3)21-10-14(25)16-9-13-7-5-6-8-15(13)28-16/h5-9,12,14,25H,4,10-11H2,1-3H3,(H2,20,21,22). The fraction of sp³-hybridized carbons (Fsp3) is 0.421. The Morgan fingerprint density at radius 2 is 2.18 bits per heavy atom. The number of ether oxygens (including phenoxy) is 1. The van der Waals surface area contributed by atoms with E-state index in [0.717, 1.165) is 15.0 Å². The topological polar surface area (TPSA) is 105 Å². The van der Waals surface area contributed by atoms with Gasteiger partial charge in [0.2, 0.25) is 5.89 Å². The number of fused-ring (bicyclic) bond motifs is 1. The molecule has 0 amide bonds. The summed E-state index contributed by atoms with van der Waals surface area (Å²) >= 11 is 1.59. The van der Waals surface area contributed by atoms with Crippen molar-refractivity contribution >= 4 is 27.4 Å². The number of benzene rings is 1. The lowest BCUT2D eigenvalue weighted by molar-refractivity contribution is 0.0683. The molecule has 2 atom stereocenters. The van der Waals surface area contributed by atoms with Gasteiger partial charge in [0.1, 0.15) is 12.2 Å². The molecule has 1 aromatic carbocycles. The molecule has 9 heteroatoms. The maximum absolute atomic E-state index is 10.5. The molecule has 0 bridgehead atoms. The fourth-order valence-corrected chi connectivity index (χ4v) is 3.72. The first-order valence-electron chi connectivity index (χ1n) is 9.15. The Bertz CT molecular complexity index is 890. The predicted molar refractivity (Wildman–Crippen MR) is 109 cm³/mol. The molecule has 0 aliphatic carbocycles. The summed E-state index contributed by atoms with van der Waals surface area (Å²) in [5, 5.41) is 21.7. The molecule has 0 fully saturated rings. The second-order valence-electron chi connectivity index (χ2n) is 6.15. The van der Waals surface area contributed by atoms with E-state index in [9.17, 15) is 5.11 Å².